The fraction of sp³-hybridized carbons (Fsp3) is 0.647. The molecule has 1 amide bonds. The lowest BCUT2D eigenvalue weighted by molar-refractivity contribution is 0.0486. The first-order valence-corrected chi connectivity index (χ1v) is 9.03. The number of rotatable bonds is 2. The molecule has 0 bridgehead atoms. The van der Waals surface area contributed by atoms with E-state index in [9.17, 15) is 4.79 Å². The summed E-state index contributed by atoms with van der Waals surface area (Å²) in [6.07, 6.45) is 8.23. The Balaban J connectivity index is 1.71. The van der Waals surface area contributed by atoms with E-state index in [4.69, 9.17) is 0 Å². The third kappa shape index (κ3) is 3.20. The minimum absolute atomic E-state index is 0.109. The standard InChI is InChI=1S/C17H24BrN3O/c1-12-5-6-13(2)21(12)16-4-3-7-20(11-16)17(22)14-8-15(18)10-19-9-14/h8-10,12-13,16H,3-7,11H2,1-2H3/t12-,13+,16-/m1/s1. The van der Waals surface area contributed by atoms with Crippen molar-refractivity contribution in [2.24, 2.45) is 0 Å². The number of hydrogen-bond donors (Lipinski definition) is 0. The van der Waals surface area contributed by atoms with Gasteiger partial charge in [-0.25, -0.2) is 0 Å². The highest BCUT2D eigenvalue weighted by Gasteiger charge is 2.36. The van der Waals surface area contributed by atoms with Gasteiger partial charge < -0.3 is 4.90 Å². The number of halogens is 1. The summed E-state index contributed by atoms with van der Waals surface area (Å²) >= 11 is 3.39. The van der Waals surface area contributed by atoms with Crippen molar-refractivity contribution in [3.63, 3.8) is 0 Å². The number of carbonyl (C=O) groups excluding carboxylic acids is 1. The first-order chi connectivity index (χ1) is 10.6. The fourth-order valence-corrected chi connectivity index (χ4v) is 4.39. The third-order valence-corrected chi connectivity index (χ3v) is 5.51. The molecule has 4 nitrogen and oxygen atoms in total. The van der Waals surface area contributed by atoms with Crippen molar-refractivity contribution >= 4 is 21.8 Å². The molecule has 0 unspecified atom stereocenters. The molecule has 3 heterocycles. The lowest BCUT2D eigenvalue weighted by atomic mass is 10.0. The predicted octanol–water partition coefficient (Wildman–Crippen LogP) is 3.32. The van der Waals surface area contributed by atoms with Gasteiger partial charge in [-0.2, -0.15) is 0 Å². The van der Waals surface area contributed by atoms with Gasteiger partial charge in [0.1, 0.15) is 0 Å². The number of nitrogens with zero attached hydrogens (tertiary/aromatic N) is 3. The van der Waals surface area contributed by atoms with Crippen LogP contribution in [0.5, 0.6) is 0 Å². The summed E-state index contributed by atoms with van der Waals surface area (Å²) in [5.74, 6) is 0.109. The van der Waals surface area contributed by atoms with Crippen LogP contribution in [0, 0.1) is 0 Å². The van der Waals surface area contributed by atoms with Crippen molar-refractivity contribution in [3.05, 3.63) is 28.5 Å². The average Bonchev–Trinajstić information content (AvgIpc) is 2.85. The Kier molecular flexibility index (Phi) is 4.83. The topological polar surface area (TPSA) is 36.4 Å². The van der Waals surface area contributed by atoms with E-state index < -0.39 is 0 Å². The summed E-state index contributed by atoms with van der Waals surface area (Å²) in [6.45, 7) is 6.35. The summed E-state index contributed by atoms with van der Waals surface area (Å²) in [5.41, 5.74) is 0.678. The lowest BCUT2D eigenvalue weighted by Gasteiger charge is -2.41. The number of piperidine rings is 1. The number of amides is 1. The van der Waals surface area contributed by atoms with Crippen LogP contribution in [0.2, 0.25) is 0 Å². The van der Waals surface area contributed by atoms with Crippen molar-refractivity contribution < 1.29 is 4.79 Å². The van der Waals surface area contributed by atoms with Gasteiger partial charge in [0, 0.05) is 48.1 Å². The molecule has 1 aromatic heterocycles. The maximum atomic E-state index is 12.7. The van der Waals surface area contributed by atoms with Gasteiger partial charge in [0.2, 0.25) is 0 Å². The molecular weight excluding hydrogens is 342 g/mol. The van der Waals surface area contributed by atoms with Crippen LogP contribution in [0.25, 0.3) is 0 Å². The van der Waals surface area contributed by atoms with Gasteiger partial charge in [-0.3, -0.25) is 14.7 Å². The van der Waals surface area contributed by atoms with Crippen molar-refractivity contribution in [1.82, 2.24) is 14.8 Å². The maximum absolute atomic E-state index is 12.7. The van der Waals surface area contributed by atoms with Gasteiger partial charge in [-0.15, -0.1) is 0 Å². The molecular formula is C17H24BrN3O. The van der Waals surface area contributed by atoms with Gasteiger partial charge in [0.05, 0.1) is 5.56 Å². The summed E-state index contributed by atoms with van der Waals surface area (Å²) in [7, 11) is 0. The van der Waals surface area contributed by atoms with Crippen molar-refractivity contribution in [2.45, 2.75) is 57.7 Å². The Morgan fingerprint density at radius 3 is 2.64 bits per heavy atom. The maximum Gasteiger partial charge on any atom is 0.255 e. The van der Waals surface area contributed by atoms with Crippen LogP contribution in [0.3, 0.4) is 0 Å². The molecule has 0 radical (unpaired) electrons. The molecule has 2 fully saturated rings. The Morgan fingerprint density at radius 2 is 1.95 bits per heavy atom. The Morgan fingerprint density at radius 1 is 1.23 bits per heavy atom. The zero-order valence-electron chi connectivity index (χ0n) is 13.3. The van der Waals surface area contributed by atoms with Gasteiger partial charge in [0.15, 0.2) is 0 Å². The molecule has 1 aromatic rings. The van der Waals surface area contributed by atoms with E-state index in [1.807, 2.05) is 11.0 Å². The first kappa shape index (κ1) is 15.9. The van der Waals surface area contributed by atoms with E-state index in [2.05, 4.69) is 39.7 Å². The monoisotopic (exact) mass is 365 g/mol. The van der Waals surface area contributed by atoms with Crippen molar-refractivity contribution in [3.8, 4) is 0 Å². The molecule has 0 N–H and O–H groups in total. The molecule has 0 aliphatic carbocycles. The largest absolute Gasteiger partial charge is 0.337 e. The predicted molar refractivity (Wildman–Crippen MR) is 90.9 cm³/mol. The molecule has 120 valence electrons. The molecule has 0 spiro atoms. The quantitative estimate of drug-likeness (QED) is 0.806. The van der Waals surface area contributed by atoms with Crippen LogP contribution in [0.1, 0.15) is 49.9 Å². The Bertz CT molecular complexity index is 540. The van der Waals surface area contributed by atoms with Crippen LogP contribution in [-0.4, -0.2) is 51.9 Å². The van der Waals surface area contributed by atoms with E-state index in [1.165, 1.54) is 19.3 Å². The zero-order chi connectivity index (χ0) is 15.7. The van der Waals surface area contributed by atoms with Crippen LogP contribution in [-0.2, 0) is 0 Å². The molecule has 22 heavy (non-hydrogen) atoms. The summed E-state index contributed by atoms with van der Waals surface area (Å²) < 4.78 is 0.855. The molecule has 2 aliphatic rings. The number of hydrogen-bond acceptors (Lipinski definition) is 3. The molecule has 5 heteroatoms. The highest BCUT2D eigenvalue weighted by atomic mass is 79.9. The van der Waals surface area contributed by atoms with Gasteiger partial charge in [-0.1, -0.05) is 0 Å². The second kappa shape index (κ2) is 6.67. The summed E-state index contributed by atoms with van der Waals surface area (Å²) in [5, 5.41) is 0. The SMILES string of the molecule is C[C@@H]1CC[C@H](C)N1[C@@H]1CCCN(C(=O)c2cncc(Br)c2)C1. The summed E-state index contributed by atoms with van der Waals surface area (Å²) in [6, 6.07) is 3.65. The lowest BCUT2D eigenvalue weighted by Crippen LogP contribution is -2.52. The minimum Gasteiger partial charge on any atom is -0.337 e. The van der Waals surface area contributed by atoms with Crippen molar-refractivity contribution in [2.75, 3.05) is 13.1 Å². The zero-order valence-corrected chi connectivity index (χ0v) is 14.9. The van der Waals surface area contributed by atoms with Crippen LogP contribution in [0.4, 0.5) is 0 Å². The molecule has 3 rings (SSSR count). The normalized spacial score (nSPS) is 29.8. The van der Waals surface area contributed by atoms with Crippen LogP contribution in [0.15, 0.2) is 22.9 Å². The Labute approximate surface area is 141 Å². The van der Waals surface area contributed by atoms with Crippen molar-refractivity contribution in [1.29, 1.82) is 0 Å². The van der Waals surface area contributed by atoms with E-state index in [-0.39, 0.29) is 5.91 Å². The molecule has 0 aromatic carbocycles. The fourth-order valence-electron chi connectivity index (χ4n) is 4.03. The third-order valence-electron chi connectivity index (χ3n) is 5.08. The Hall–Kier alpha value is -0.940. The molecule has 0 saturated carbocycles. The smallest absolute Gasteiger partial charge is 0.255 e. The molecule has 2 aliphatic heterocycles. The minimum atomic E-state index is 0.109. The average molecular weight is 366 g/mol. The number of aromatic nitrogens is 1. The van der Waals surface area contributed by atoms with E-state index >= 15 is 0 Å². The van der Waals surface area contributed by atoms with Crippen LogP contribution >= 0.6 is 15.9 Å². The second-order valence-electron chi connectivity index (χ2n) is 6.66. The number of carbonyl (C=O) groups is 1. The summed E-state index contributed by atoms with van der Waals surface area (Å²) in [4.78, 5) is 21.5. The van der Waals surface area contributed by atoms with Gasteiger partial charge in [0.25, 0.3) is 5.91 Å². The van der Waals surface area contributed by atoms with Gasteiger partial charge in [-0.05, 0) is 61.5 Å². The van der Waals surface area contributed by atoms with Crippen LogP contribution < -0.4 is 0 Å². The van der Waals surface area contributed by atoms with E-state index in [1.54, 1.807) is 12.4 Å². The highest BCUT2D eigenvalue weighted by molar-refractivity contribution is 9.10. The molecule has 3 atom stereocenters. The van der Waals surface area contributed by atoms with Gasteiger partial charge >= 0.3 is 0 Å². The highest BCUT2D eigenvalue weighted by Crippen LogP contribution is 2.30. The number of likely N-dealkylation sites (tertiary alicyclic amines) is 2. The first-order valence-electron chi connectivity index (χ1n) is 8.23. The second-order valence-corrected chi connectivity index (χ2v) is 7.58. The number of pyridine rings is 1. The van der Waals surface area contributed by atoms with E-state index in [0.717, 1.165) is 24.0 Å². The molecule has 2 saturated heterocycles. The van der Waals surface area contributed by atoms with E-state index in [0.29, 0.717) is 23.7 Å².